The molecule has 3 aromatic carbocycles. The number of nitrogens with two attached hydrogens (primary N) is 1. The number of ether oxygens (including phenoxy) is 2. The van der Waals surface area contributed by atoms with Crippen LogP contribution in [-0.4, -0.2) is 24.8 Å². The summed E-state index contributed by atoms with van der Waals surface area (Å²) < 4.78 is 10.7. The third-order valence-electron chi connectivity index (χ3n) is 4.87. The Balaban J connectivity index is 0.00000385. The highest BCUT2D eigenvalue weighted by Crippen LogP contribution is 2.22. The molecular formula is C25H26ClN3O4. The van der Waals surface area contributed by atoms with Crippen LogP contribution in [0.5, 0.6) is 5.75 Å². The smallest absolute Gasteiger partial charge is 0.337 e. The van der Waals surface area contributed by atoms with Crippen LogP contribution in [0.2, 0.25) is 0 Å². The molecule has 3 aromatic rings. The molecule has 0 saturated heterocycles. The van der Waals surface area contributed by atoms with Crippen LogP contribution in [0.15, 0.2) is 66.7 Å². The van der Waals surface area contributed by atoms with Gasteiger partial charge < -0.3 is 20.5 Å². The molecule has 0 unspecified atom stereocenters. The first-order valence-electron chi connectivity index (χ1n) is 9.99. The maximum Gasteiger partial charge on any atom is 0.337 e. The van der Waals surface area contributed by atoms with Crippen LogP contribution in [0, 0.1) is 12.3 Å². The van der Waals surface area contributed by atoms with E-state index in [1.165, 1.54) is 7.11 Å². The van der Waals surface area contributed by atoms with Crippen LogP contribution >= 0.6 is 12.4 Å². The normalized spacial score (nSPS) is 10.0. The van der Waals surface area contributed by atoms with Crippen molar-refractivity contribution in [2.75, 3.05) is 7.11 Å². The largest absolute Gasteiger partial charge is 0.489 e. The second-order valence-corrected chi connectivity index (χ2v) is 7.27. The second-order valence-electron chi connectivity index (χ2n) is 7.27. The lowest BCUT2D eigenvalue weighted by atomic mass is 10.1. The molecule has 0 aliphatic heterocycles. The maximum atomic E-state index is 12.5. The molecule has 8 heteroatoms. The van der Waals surface area contributed by atoms with Gasteiger partial charge in [0.2, 0.25) is 0 Å². The summed E-state index contributed by atoms with van der Waals surface area (Å²) in [6.07, 6.45) is 0. The fourth-order valence-electron chi connectivity index (χ4n) is 3.08. The van der Waals surface area contributed by atoms with E-state index in [1.807, 2.05) is 25.1 Å². The molecule has 0 atom stereocenters. The minimum absolute atomic E-state index is 0. The SMILES string of the molecule is COC(=O)c1ccc(COc2cc(C(=N)N)ccc2CNC(=O)c2cccc(C)c2)cc1.Cl. The van der Waals surface area contributed by atoms with Crippen molar-refractivity contribution in [2.45, 2.75) is 20.1 Å². The number of nitrogen functional groups attached to an aromatic ring is 1. The van der Waals surface area contributed by atoms with Crippen molar-refractivity contribution in [3.8, 4) is 5.75 Å². The van der Waals surface area contributed by atoms with Gasteiger partial charge in [0.05, 0.1) is 12.7 Å². The Morgan fingerprint density at radius 3 is 2.30 bits per heavy atom. The van der Waals surface area contributed by atoms with Gasteiger partial charge in [-0.3, -0.25) is 10.2 Å². The van der Waals surface area contributed by atoms with Crippen molar-refractivity contribution >= 4 is 30.1 Å². The molecule has 7 nitrogen and oxygen atoms in total. The Morgan fingerprint density at radius 1 is 0.970 bits per heavy atom. The molecule has 0 heterocycles. The van der Waals surface area contributed by atoms with E-state index in [-0.39, 0.29) is 37.3 Å². The van der Waals surface area contributed by atoms with Crippen LogP contribution in [0.3, 0.4) is 0 Å². The average molecular weight is 468 g/mol. The number of amidine groups is 1. The van der Waals surface area contributed by atoms with E-state index in [0.717, 1.165) is 16.7 Å². The van der Waals surface area contributed by atoms with Crippen LogP contribution in [0.4, 0.5) is 0 Å². The molecule has 3 rings (SSSR count). The molecule has 0 aliphatic carbocycles. The number of carbonyl (C=O) groups excluding carboxylic acids is 2. The van der Waals surface area contributed by atoms with Gasteiger partial charge in [0, 0.05) is 23.2 Å². The summed E-state index contributed by atoms with van der Waals surface area (Å²) >= 11 is 0. The number of carbonyl (C=O) groups is 2. The van der Waals surface area contributed by atoms with Crippen LogP contribution in [0.1, 0.15) is 43.0 Å². The fraction of sp³-hybridized carbons (Fsp3) is 0.160. The number of hydrogen-bond acceptors (Lipinski definition) is 5. The Morgan fingerprint density at radius 2 is 1.67 bits per heavy atom. The standard InChI is InChI=1S/C25H25N3O4.ClH/c1-16-4-3-5-20(12-16)24(29)28-14-21-11-10-19(23(26)27)13-22(21)32-15-17-6-8-18(9-7-17)25(30)31-2;/h3-13H,14-15H2,1-2H3,(H3,26,27)(H,28,29);1H. The van der Waals surface area contributed by atoms with E-state index in [2.05, 4.69) is 5.32 Å². The lowest BCUT2D eigenvalue weighted by Crippen LogP contribution is -2.23. The second kappa shape index (κ2) is 11.7. The predicted molar refractivity (Wildman–Crippen MR) is 129 cm³/mol. The van der Waals surface area contributed by atoms with Gasteiger partial charge in [-0.1, -0.05) is 42.0 Å². The fourth-order valence-corrected chi connectivity index (χ4v) is 3.08. The molecule has 33 heavy (non-hydrogen) atoms. The molecule has 0 aromatic heterocycles. The van der Waals surface area contributed by atoms with Crippen molar-refractivity contribution in [3.05, 3.63) is 100 Å². The number of rotatable bonds is 8. The monoisotopic (exact) mass is 467 g/mol. The first-order chi connectivity index (χ1) is 15.4. The number of amides is 1. The topological polar surface area (TPSA) is 114 Å². The van der Waals surface area contributed by atoms with Gasteiger partial charge in [0.25, 0.3) is 5.91 Å². The number of nitrogens with one attached hydrogen (secondary N) is 2. The molecule has 1 amide bonds. The number of hydrogen-bond donors (Lipinski definition) is 3. The Labute approximate surface area is 198 Å². The van der Waals surface area contributed by atoms with E-state index in [1.54, 1.807) is 48.5 Å². The zero-order chi connectivity index (χ0) is 23.1. The third-order valence-corrected chi connectivity index (χ3v) is 4.87. The molecule has 0 spiro atoms. The van der Waals surface area contributed by atoms with Crippen molar-refractivity contribution < 1.29 is 19.1 Å². The molecule has 0 aliphatic rings. The van der Waals surface area contributed by atoms with Crippen LogP contribution in [-0.2, 0) is 17.9 Å². The Bertz CT molecular complexity index is 1150. The zero-order valence-electron chi connectivity index (χ0n) is 18.4. The number of benzene rings is 3. The summed E-state index contributed by atoms with van der Waals surface area (Å²) in [7, 11) is 1.33. The molecule has 0 saturated carbocycles. The molecule has 172 valence electrons. The summed E-state index contributed by atoms with van der Waals surface area (Å²) in [5.41, 5.74) is 9.79. The molecule has 0 fully saturated rings. The van der Waals surface area contributed by atoms with Gasteiger partial charge in [0.1, 0.15) is 18.2 Å². The van der Waals surface area contributed by atoms with Gasteiger partial charge in [-0.15, -0.1) is 12.4 Å². The predicted octanol–water partition coefficient (Wildman–Crippen LogP) is 4.00. The van der Waals surface area contributed by atoms with E-state index in [9.17, 15) is 9.59 Å². The molecule has 4 N–H and O–H groups in total. The van der Waals surface area contributed by atoms with Gasteiger partial charge in [-0.25, -0.2) is 4.79 Å². The highest BCUT2D eigenvalue weighted by Gasteiger charge is 2.11. The van der Waals surface area contributed by atoms with E-state index in [0.29, 0.717) is 22.4 Å². The van der Waals surface area contributed by atoms with Gasteiger partial charge in [-0.2, -0.15) is 0 Å². The summed E-state index contributed by atoms with van der Waals surface area (Å²) in [6, 6.07) is 19.4. The van der Waals surface area contributed by atoms with Crippen molar-refractivity contribution in [1.29, 1.82) is 5.41 Å². The number of aryl methyl sites for hydroxylation is 1. The third kappa shape index (κ3) is 6.82. The van der Waals surface area contributed by atoms with E-state index >= 15 is 0 Å². The minimum Gasteiger partial charge on any atom is -0.489 e. The van der Waals surface area contributed by atoms with Crippen molar-refractivity contribution in [3.63, 3.8) is 0 Å². The molecule has 0 radical (unpaired) electrons. The van der Waals surface area contributed by atoms with E-state index in [4.69, 9.17) is 20.6 Å². The first kappa shape index (κ1) is 25.4. The Hall–Kier alpha value is -3.84. The van der Waals surface area contributed by atoms with Gasteiger partial charge in [-0.05, 0) is 42.8 Å². The molecular weight excluding hydrogens is 442 g/mol. The van der Waals surface area contributed by atoms with Crippen molar-refractivity contribution in [1.82, 2.24) is 5.32 Å². The van der Waals surface area contributed by atoms with Crippen LogP contribution in [0.25, 0.3) is 0 Å². The summed E-state index contributed by atoms with van der Waals surface area (Å²) in [6.45, 7) is 2.42. The number of esters is 1. The maximum absolute atomic E-state index is 12.5. The van der Waals surface area contributed by atoms with E-state index < -0.39 is 5.97 Å². The lowest BCUT2D eigenvalue weighted by molar-refractivity contribution is 0.0600. The quantitative estimate of drug-likeness (QED) is 0.263. The highest BCUT2D eigenvalue weighted by molar-refractivity contribution is 5.96. The van der Waals surface area contributed by atoms with Crippen LogP contribution < -0.4 is 15.8 Å². The van der Waals surface area contributed by atoms with Gasteiger partial charge >= 0.3 is 5.97 Å². The number of methoxy groups -OCH3 is 1. The highest BCUT2D eigenvalue weighted by atomic mass is 35.5. The summed E-state index contributed by atoms with van der Waals surface area (Å²) in [4.78, 5) is 24.1. The van der Waals surface area contributed by atoms with Gasteiger partial charge in [0.15, 0.2) is 0 Å². The zero-order valence-corrected chi connectivity index (χ0v) is 19.2. The summed E-state index contributed by atoms with van der Waals surface area (Å²) in [5, 5.41) is 10.6. The molecule has 0 bridgehead atoms. The van der Waals surface area contributed by atoms with Crippen molar-refractivity contribution in [2.24, 2.45) is 5.73 Å². The number of halogens is 1. The average Bonchev–Trinajstić information content (AvgIpc) is 2.81. The Kier molecular flexibility index (Phi) is 9.00. The minimum atomic E-state index is -0.404. The first-order valence-corrected chi connectivity index (χ1v) is 9.99. The summed E-state index contributed by atoms with van der Waals surface area (Å²) in [5.74, 6) is -0.154. The lowest BCUT2D eigenvalue weighted by Gasteiger charge is -2.14.